The molecule has 0 aliphatic carbocycles. The molecule has 0 N–H and O–H groups in total. The quantitative estimate of drug-likeness (QED) is 0.726. The summed E-state index contributed by atoms with van der Waals surface area (Å²) in [5.41, 5.74) is 1.87. The molecule has 0 atom stereocenters. The van der Waals surface area contributed by atoms with E-state index in [2.05, 4.69) is 27.7 Å². The highest BCUT2D eigenvalue weighted by Crippen LogP contribution is 2.45. The first-order valence-corrected chi connectivity index (χ1v) is 10.6. The van der Waals surface area contributed by atoms with E-state index in [0.29, 0.717) is 5.92 Å². The molecule has 0 aromatic carbocycles. The van der Waals surface area contributed by atoms with Gasteiger partial charge in [0, 0.05) is 24.9 Å². The number of fused-ring (bicyclic) bond motifs is 1. The molecule has 0 unspecified atom stereocenters. The van der Waals surface area contributed by atoms with E-state index < -0.39 is 13.1 Å². The van der Waals surface area contributed by atoms with Crippen LogP contribution in [0.3, 0.4) is 0 Å². The summed E-state index contributed by atoms with van der Waals surface area (Å²) in [6.45, 7) is 15.5. The highest BCUT2D eigenvalue weighted by Gasteiger charge is 2.32. The number of nitrogens with zero attached hydrogens (tertiary/aromatic N) is 3. The van der Waals surface area contributed by atoms with Gasteiger partial charge in [-0.2, -0.15) is 0 Å². The van der Waals surface area contributed by atoms with Gasteiger partial charge >= 0.3 is 0 Å². The number of pyridine rings is 1. The summed E-state index contributed by atoms with van der Waals surface area (Å²) in [7, 11) is -2.66. The number of hydrogen-bond donors (Lipinski definition) is 0. The summed E-state index contributed by atoms with van der Waals surface area (Å²) in [6, 6.07) is 4.03. The number of aromatic nitrogens is 3. The smallest absolute Gasteiger partial charge is 0.199 e. The van der Waals surface area contributed by atoms with Crippen molar-refractivity contribution in [3.63, 3.8) is 0 Å². The maximum absolute atomic E-state index is 12.2. The lowest BCUT2D eigenvalue weighted by molar-refractivity contribution is 0.0363. The molecule has 2 rings (SSSR count). The van der Waals surface area contributed by atoms with Gasteiger partial charge in [0.2, 0.25) is 0 Å². The van der Waals surface area contributed by atoms with Crippen molar-refractivity contribution >= 4 is 18.5 Å². The van der Waals surface area contributed by atoms with Crippen LogP contribution < -0.4 is 0 Å². The predicted octanol–water partition coefficient (Wildman–Crippen LogP) is 4.93. The van der Waals surface area contributed by atoms with Crippen molar-refractivity contribution in [2.45, 2.75) is 59.1 Å². The summed E-state index contributed by atoms with van der Waals surface area (Å²) in [5.74, 6) is 1.44. The molecule has 0 fully saturated rings. The van der Waals surface area contributed by atoms with Gasteiger partial charge in [-0.3, -0.25) is 9.13 Å². The largest absolute Gasteiger partial charge is 0.302 e. The van der Waals surface area contributed by atoms with E-state index in [4.69, 9.17) is 14.5 Å². The van der Waals surface area contributed by atoms with Crippen LogP contribution in [-0.2, 0) is 14.8 Å². The van der Waals surface area contributed by atoms with Gasteiger partial charge in [-0.05, 0) is 31.9 Å². The zero-order chi connectivity index (χ0) is 17.6. The van der Waals surface area contributed by atoms with Gasteiger partial charge in [0.05, 0.1) is 0 Å². The first kappa shape index (κ1) is 18.2. The third-order valence-electron chi connectivity index (χ3n) is 3.64. The van der Waals surface area contributed by atoms with E-state index in [0.717, 1.165) is 22.7 Å². The van der Waals surface area contributed by atoms with Crippen LogP contribution in [0.25, 0.3) is 11.2 Å². The van der Waals surface area contributed by atoms with E-state index in [1.807, 2.05) is 30.5 Å². The van der Waals surface area contributed by atoms with Gasteiger partial charge in [-0.15, -0.1) is 0 Å². The van der Waals surface area contributed by atoms with Gasteiger partial charge < -0.3 is 4.52 Å². The van der Waals surface area contributed by atoms with E-state index in [1.54, 1.807) is 13.3 Å². The lowest BCUT2D eigenvalue weighted by Gasteiger charge is -2.31. The molecule has 2 heterocycles. The number of hydrogen-bond acceptors (Lipinski definition) is 4. The average molecular weight is 337 g/mol. The highest BCUT2D eigenvalue weighted by molar-refractivity contribution is 7.57. The van der Waals surface area contributed by atoms with Gasteiger partial charge in [-0.25, -0.2) is 9.97 Å². The monoisotopic (exact) mass is 337 g/mol. The Morgan fingerprint density at radius 2 is 1.70 bits per heavy atom. The van der Waals surface area contributed by atoms with Crippen LogP contribution in [0.4, 0.5) is 0 Å². The molecular formula is C17H28N3O2P. The SMILES string of the molecule is CC(C)c1ccc2nc(C(C)C)n(C(C)(C)OP(C)(C)=O)c2n1. The van der Waals surface area contributed by atoms with Crippen molar-refractivity contribution in [3.8, 4) is 0 Å². The molecule has 128 valence electrons. The second kappa shape index (κ2) is 6.03. The zero-order valence-corrected chi connectivity index (χ0v) is 16.3. The summed E-state index contributed by atoms with van der Waals surface area (Å²) < 4.78 is 20.1. The second-order valence-corrected chi connectivity index (χ2v) is 10.2. The third-order valence-corrected chi connectivity index (χ3v) is 4.53. The standard InChI is InChI=1S/C17H28N3O2P/c1-11(2)13-9-10-14-16(18-13)20(15(19-14)12(3)4)17(5,6)22-23(7,8)21/h9-12H,1-8H3. The Morgan fingerprint density at radius 1 is 1.09 bits per heavy atom. The average Bonchev–Trinajstić information content (AvgIpc) is 2.74. The molecule has 0 aliphatic heterocycles. The fourth-order valence-electron chi connectivity index (χ4n) is 2.81. The Bertz CT molecular complexity index is 757. The van der Waals surface area contributed by atoms with Crippen LogP contribution in [0, 0.1) is 0 Å². The second-order valence-electron chi connectivity index (χ2n) is 7.48. The molecular weight excluding hydrogens is 309 g/mol. The highest BCUT2D eigenvalue weighted by atomic mass is 31.2. The maximum atomic E-state index is 12.2. The summed E-state index contributed by atoms with van der Waals surface area (Å²) in [5, 5.41) is 0. The molecule has 6 heteroatoms. The normalized spacial score (nSPS) is 13.5. The van der Waals surface area contributed by atoms with Gasteiger partial charge in [0.1, 0.15) is 17.1 Å². The molecule has 0 radical (unpaired) electrons. The van der Waals surface area contributed by atoms with Gasteiger partial charge in [0.15, 0.2) is 13.0 Å². The molecule has 0 amide bonds. The Morgan fingerprint density at radius 3 is 2.17 bits per heavy atom. The van der Waals surface area contributed by atoms with E-state index in [1.165, 1.54) is 0 Å². The van der Waals surface area contributed by atoms with Crippen molar-refractivity contribution in [2.24, 2.45) is 0 Å². The fraction of sp³-hybridized carbons (Fsp3) is 0.647. The minimum Gasteiger partial charge on any atom is -0.302 e. The van der Waals surface area contributed by atoms with E-state index >= 15 is 0 Å². The third kappa shape index (κ3) is 3.84. The topological polar surface area (TPSA) is 57.0 Å². The van der Waals surface area contributed by atoms with Crippen LogP contribution in [0.2, 0.25) is 0 Å². The molecule has 0 spiro atoms. The van der Waals surface area contributed by atoms with Crippen LogP contribution in [-0.4, -0.2) is 27.9 Å². The number of rotatable bonds is 5. The van der Waals surface area contributed by atoms with E-state index in [-0.39, 0.29) is 5.92 Å². The minimum absolute atomic E-state index is 0.211. The number of imidazole rings is 1. The van der Waals surface area contributed by atoms with Crippen molar-refractivity contribution in [2.75, 3.05) is 13.3 Å². The first-order chi connectivity index (χ1) is 10.4. The lowest BCUT2D eigenvalue weighted by Crippen LogP contribution is -2.31. The van der Waals surface area contributed by atoms with Crippen LogP contribution >= 0.6 is 7.37 Å². The fourth-order valence-corrected chi connectivity index (χ4v) is 3.97. The van der Waals surface area contributed by atoms with Crippen molar-refractivity contribution in [3.05, 3.63) is 23.7 Å². The zero-order valence-electron chi connectivity index (χ0n) is 15.4. The van der Waals surface area contributed by atoms with Crippen molar-refractivity contribution in [1.82, 2.24) is 14.5 Å². The molecule has 2 aromatic heterocycles. The molecule has 0 bridgehead atoms. The summed E-state index contributed by atoms with van der Waals surface area (Å²) in [6.07, 6.45) is 0. The maximum Gasteiger partial charge on any atom is 0.199 e. The van der Waals surface area contributed by atoms with Crippen LogP contribution in [0.1, 0.15) is 64.9 Å². The molecule has 23 heavy (non-hydrogen) atoms. The van der Waals surface area contributed by atoms with E-state index in [9.17, 15) is 4.57 Å². The Labute approximate surface area is 138 Å². The first-order valence-electron chi connectivity index (χ1n) is 8.08. The van der Waals surface area contributed by atoms with Gasteiger partial charge in [-0.1, -0.05) is 27.7 Å². The Balaban J connectivity index is 2.74. The summed E-state index contributed by atoms with van der Waals surface area (Å²) in [4.78, 5) is 9.54. The van der Waals surface area contributed by atoms with Crippen LogP contribution in [0.15, 0.2) is 12.1 Å². The van der Waals surface area contributed by atoms with Crippen molar-refractivity contribution < 1.29 is 9.09 Å². The molecule has 0 saturated carbocycles. The Kier molecular flexibility index (Phi) is 4.76. The molecule has 0 aliphatic rings. The van der Waals surface area contributed by atoms with Gasteiger partial charge in [0.25, 0.3) is 0 Å². The molecule has 5 nitrogen and oxygen atoms in total. The lowest BCUT2D eigenvalue weighted by atomic mass is 10.1. The molecule has 0 saturated heterocycles. The summed E-state index contributed by atoms with van der Waals surface area (Å²) >= 11 is 0. The predicted molar refractivity (Wildman–Crippen MR) is 95.6 cm³/mol. The Hall–Kier alpha value is -1.19. The van der Waals surface area contributed by atoms with Crippen molar-refractivity contribution in [1.29, 1.82) is 0 Å². The van der Waals surface area contributed by atoms with Crippen LogP contribution in [0.5, 0.6) is 0 Å². The molecule has 2 aromatic rings. The minimum atomic E-state index is -2.66.